The molecule has 5 aromatic rings. The summed E-state index contributed by atoms with van der Waals surface area (Å²) < 4.78 is 0. The Labute approximate surface area is 685 Å². The van der Waals surface area contributed by atoms with Crippen molar-refractivity contribution in [2.75, 3.05) is 24.6 Å². The zero-order valence-corrected chi connectivity index (χ0v) is 67.3. The molecule has 2 aromatic heterocycles. The Hall–Kier alpha value is -12.5. The van der Waals surface area contributed by atoms with Crippen molar-refractivity contribution in [1.29, 1.82) is 16.2 Å². The van der Waals surface area contributed by atoms with Crippen molar-refractivity contribution in [3.05, 3.63) is 126 Å². The molecule has 0 saturated carbocycles. The van der Waals surface area contributed by atoms with Crippen LogP contribution < -0.4 is 11.1 Å². The molecule has 0 aliphatic carbocycles. The van der Waals surface area contributed by atoms with Crippen molar-refractivity contribution < 1.29 is 96.4 Å². The van der Waals surface area contributed by atoms with Gasteiger partial charge < -0.3 is 108 Å². The number of carboxylic acid groups (broad SMARTS) is 1. The number of aromatic amines is 2. The van der Waals surface area contributed by atoms with Crippen LogP contribution in [0.25, 0.3) is 10.9 Å². The van der Waals surface area contributed by atoms with Gasteiger partial charge in [0, 0.05) is 90.8 Å². The van der Waals surface area contributed by atoms with Crippen LogP contribution in [-0.2, 0) is 24.1 Å². The standard InChI is InChI=1S/C76H103N21O19S2/c1-8-38(4)61(87-41(7)99)75(116)95-56-35-118-117-34-55(73(114)97-62(40(6)98)64(78)105)94-67(108)49(19-14-26-82-76(79)80)88-70(111)53(29-46-32-81-36-85-46)90-65(106)39(5)86-58(101)33-84-66(107)52(28-45-31-83-48-18-13-12-17-47(45)48)91-71(112)54(30-59(102)103)92-68(109)50(24-25-57(77)100)89-69(110)51(93-74(115)60(37(2)3)96-72(56)113)27-42-20-22-44(23-21-42)63(104)43-15-10-9-11-16-43/h9-13,15-18,20-23,31-32,36-40,49-56,60-62,83,98H,8,14,19,24-30,33-35H2,1-7H3,(H2,77,100)(H2,78,105)(H,81,85)(H,84,107)(H,86,101)(H,87,99)(H,88,111)(H,89,110)(H,90,106)(H,91,112)(H,92,109)(H,93,115)(H,94,108)(H,95,116)(H,96,113)(H,97,114)(H,102,103)(H4,79,80,82). The van der Waals surface area contributed by atoms with Crippen LogP contribution in [0.3, 0.4) is 0 Å². The quantitative estimate of drug-likeness (QED) is 0.00765. The number of benzene rings is 3. The van der Waals surface area contributed by atoms with Crippen molar-refractivity contribution in [2.24, 2.45) is 82.5 Å². The minimum Gasteiger partial charge on any atom is -0.497 e. The number of guanidine groups is 1. The predicted octanol–water partition coefficient (Wildman–Crippen LogP) is 9.11. The molecule has 42 heteroatoms. The Balaban J connectivity index is 1.66. The molecular weight excluding hydrogens is 1580 g/mol. The predicted molar refractivity (Wildman–Crippen MR) is 459 cm³/mol. The third-order valence-corrected chi connectivity index (χ3v) is 20.4. The molecule has 1 aliphatic heterocycles. The van der Waals surface area contributed by atoms with E-state index >= 15 is 0 Å². The highest BCUT2D eigenvalue weighted by atomic mass is 33.1. The maximum absolute atomic E-state index is 13.6. The summed E-state index contributed by atoms with van der Waals surface area (Å²) in [6.45, 7) is 9.36. The summed E-state index contributed by atoms with van der Waals surface area (Å²) in [6.07, 6.45) is -0.543. The average Bonchev–Trinajstić information content (AvgIpc) is 1.63. The summed E-state index contributed by atoms with van der Waals surface area (Å²) >= 11 is 0. The van der Waals surface area contributed by atoms with Gasteiger partial charge in [-0.3, -0.25) is 25.8 Å². The number of aliphatic hydroxyl groups excluding tert-OH is 16. The van der Waals surface area contributed by atoms with Crippen molar-refractivity contribution in [3.8, 4) is 0 Å². The van der Waals surface area contributed by atoms with Gasteiger partial charge in [-0.1, -0.05) is 128 Å². The fraction of sp³-hybridized carbons (Fsp3) is 0.461. The third kappa shape index (κ3) is 30.0. The Morgan fingerprint density at radius 3 is 1.81 bits per heavy atom. The fourth-order valence-corrected chi connectivity index (χ4v) is 13.7. The SMILES string of the molecule is CCC(C)C(N=C(C)O)C(O)=NC1CSSCC(C(O)=NC(C(=N)O)C(C)O)N=C(O)C(CCCNC(=N)N)N=C(O)C(Cc2cnc[nH]2)N=C(O)C(C)N=C(O)CN=C(O)C(Cc2c[nH]c3ccccc23)N=C(O)C(CC(=O)O)N=C(O)C(CCC(=N)O)N=C(O)C(Cc2ccc(C(=O)c3ccccc3)cc2)N=C(O)C(C(C)C)N=C1O. The van der Waals surface area contributed by atoms with Gasteiger partial charge in [0.15, 0.2) is 29.6 Å². The van der Waals surface area contributed by atoms with Gasteiger partial charge in [0.05, 0.1) is 18.9 Å². The maximum atomic E-state index is 13.6. The molecule has 3 aromatic carbocycles. The monoisotopic (exact) mass is 1680 g/mol. The van der Waals surface area contributed by atoms with Gasteiger partial charge in [0.1, 0.15) is 73.0 Å². The third-order valence-electron chi connectivity index (χ3n) is 18.0. The normalized spacial score (nSPS) is 22.7. The number of nitrogens with one attached hydrogen (secondary N) is 6. The van der Waals surface area contributed by atoms with Gasteiger partial charge in [-0.15, -0.1) is 0 Å². The van der Waals surface area contributed by atoms with Gasteiger partial charge in [-0.25, -0.2) is 69.9 Å². The van der Waals surface area contributed by atoms with Gasteiger partial charge in [-0.05, 0) is 62.1 Å². The number of H-pyrrole nitrogens is 2. The number of aliphatic imine (C=N–C) groups is 13. The number of hydrogen-bond acceptors (Lipinski definition) is 22. The van der Waals surface area contributed by atoms with Crippen molar-refractivity contribution >= 4 is 139 Å². The molecule has 14 atom stereocenters. The molecule has 40 nitrogen and oxygen atoms in total. The molecule has 0 fully saturated rings. The van der Waals surface area contributed by atoms with Gasteiger partial charge in [0.2, 0.25) is 76.7 Å². The van der Waals surface area contributed by atoms with Crippen molar-refractivity contribution in [3.63, 3.8) is 0 Å². The number of carboxylic acids is 1. The number of ketones is 1. The second-order valence-corrected chi connectivity index (χ2v) is 30.3. The maximum Gasteiger partial charge on any atom is 0.306 e. The van der Waals surface area contributed by atoms with E-state index in [1.165, 1.54) is 50.6 Å². The highest BCUT2D eigenvalue weighted by molar-refractivity contribution is 8.76. The lowest BCUT2D eigenvalue weighted by molar-refractivity contribution is -0.137. The second kappa shape index (κ2) is 46.3. The van der Waals surface area contributed by atoms with Crippen LogP contribution in [0.5, 0.6) is 0 Å². The van der Waals surface area contributed by atoms with Crippen LogP contribution in [0.1, 0.15) is 120 Å². The lowest BCUT2D eigenvalue weighted by Crippen LogP contribution is -2.35. The number of aliphatic hydroxyl groups is 16. The van der Waals surface area contributed by atoms with E-state index in [1.807, 2.05) is 0 Å². The summed E-state index contributed by atoms with van der Waals surface area (Å²) in [5.74, 6) is -18.4. The van der Waals surface area contributed by atoms with Crippen LogP contribution in [-0.4, -0.2) is 311 Å². The first-order valence-corrected chi connectivity index (χ1v) is 39.8. The Morgan fingerprint density at radius 1 is 0.627 bits per heavy atom. The van der Waals surface area contributed by atoms with Crippen LogP contribution in [0.2, 0.25) is 0 Å². The van der Waals surface area contributed by atoms with E-state index in [0.29, 0.717) is 39.7 Å². The Morgan fingerprint density at radius 2 is 1.20 bits per heavy atom. The van der Waals surface area contributed by atoms with E-state index in [2.05, 4.69) is 85.2 Å². The highest BCUT2D eigenvalue weighted by Gasteiger charge is 2.34. The number of carbonyl (C=O) groups excluding carboxylic acids is 1. The van der Waals surface area contributed by atoms with Crippen LogP contribution in [0, 0.1) is 28.1 Å². The molecule has 6 rings (SSSR count). The minimum atomic E-state index is -2.06. The topological polar surface area (TPSA) is 693 Å². The van der Waals surface area contributed by atoms with E-state index in [0.717, 1.165) is 28.5 Å². The molecule has 14 unspecified atom stereocenters. The number of nitrogens with two attached hydrogens (primary N) is 1. The summed E-state index contributed by atoms with van der Waals surface area (Å²) in [5.41, 5.74) is 7.88. The van der Waals surface area contributed by atoms with E-state index in [-0.39, 0.29) is 43.6 Å². The number of nitrogens with zero attached hydrogens (tertiary/aromatic N) is 14. The molecule has 118 heavy (non-hydrogen) atoms. The highest BCUT2D eigenvalue weighted by Crippen LogP contribution is 2.29. The van der Waals surface area contributed by atoms with Gasteiger partial charge >= 0.3 is 5.97 Å². The van der Waals surface area contributed by atoms with E-state index in [1.54, 1.807) is 88.5 Å². The Bertz CT molecular complexity index is 4640. The zero-order chi connectivity index (χ0) is 87.0. The van der Waals surface area contributed by atoms with Gasteiger partial charge in [-0.2, -0.15) is 0 Å². The van der Waals surface area contributed by atoms with Crippen LogP contribution in [0.15, 0.2) is 162 Å². The molecule has 3 heterocycles. The summed E-state index contributed by atoms with van der Waals surface area (Å²) in [5, 5.41) is 222. The molecule has 0 saturated heterocycles. The lowest BCUT2D eigenvalue weighted by atomic mass is 9.99. The summed E-state index contributed by atoms with van der Waals surface area (Å²) in [4.78, 5) is 91.7. The molecule has 1 aliphatic rings. The molecule has 0 bridgehead atoms. The number of para-hydroxylation sites is 1. The van der Waals surface area contributed by atoms with Crippen molar-refractivity contribution in [2.45, 2.75) is 185 Å². The number of fused-ring (bicyclic) bond motifs is 1. The number of hydrogen-bond donors (Lipinski definition) is 24. The molecule has 0 amide bonds. The number of imidazole rings is 1. The number of aliphatic carboxylic acids is 1. The number of rotatable bonds is 27. The van der Waals surface area contributed by atoms with E-state index < -0.39 is 235 Å². The van der Waals surface area contributed by atoms with Crippen molar-refractivity contribution in [1.82, 2.24) is 20.3 Å². The second-order valence-electron chi connectivity index (χ2n) is 27.7. The first-order chi connectivity index (χ1) is 55.9. The molecule has 0 radical (unpaired) electrons. The summed E-state index contributed by atoms with van der Waals surface area (Å²) in [7, 11) is 1.72. The first kappa shape index (κ1) is 94.4. The molecule has 25 N–H and O–H groups in total. The van der Waals surface area contributed by atoms with Crippen LogP contribution in [0.4, 0.5) is 0 Å². The molecular formula is C76H103N21O19S2. The summed E-state index contributed by atoms with van der Waals surface area (Å²) in [6, 6.07) is 1.19. The first-order valence-electron chi connectivity index (χ1n) is 37.3. The fourth-order valence-electron chi connectivity index (χ4n) is 11.5. The molecule has 638 valence electrons. The van der Waals surface area contributed by atoms with E-state index in [9.17, 15) is 96.4 Å². The average molecular weight is 1680 g/mol. The smallest absolute Gasteiger partial charge is 0.306 e. The Kier molecular flexibility index (Phi) is 37.0. The van der Waals surface area contributed by atoms with E-state index in [4.69, 9.17) is 22.0 Å². The minimum absolute atomic E-state index is 0.0159. The van der Waals surface area contributed by atoms with Gasteiger partial charge in [0.25, 0.3) is 0 Å². The lowest BCUT2D eigenvalue weighted by Gasteiger charge is -2.22. The van der Waals surface area contributed by atoms with Crippen LogP contribution >= 0.6 is 21.6 Å². The number of aromatic nitrogens is 3. The molecule has 0 spiro atoms. The zero-order valence-electron chi connectivity index (χ0n) is 65.7. The largest absolute Gasteiger partial charge is 0.497 e. The number of carbonyl (C=O) groups is 2.